The molecule has 6 fully saturated rings. The molecule has 6 saturated heterocycles. The Bertz CT molecular complexity index is 1100. The van der Waals surface area contributed by atoms with E-state index in [0.717, 1.165) is 110 Å². The molecule has 6 heterocycles. The summed E-state index contributed by atoms with van der Waals surface area (Å²) in [5.41, 5.74) is 0. The van der Waals surface area contributed by atoms with Gasteiger partial charge < -0.3 is 28.4 Å². The highest BCUT2D eigenvalue weighted by Crippen LogP contribution is 2.40. The zero-order valence-corrected chi connectivity index (χ0v) is 54.0. The van der Waals surface area contributed by atoms with Crippen LogP contribution in [0.4, 0.5) is 0 Å². The maximum Gasteiger partial charge on any atom is 0.0604 e. The van der Waals surface area contributed by atoms with Crippen LogP contribution in [-0.2, 0) is 28.4 Å². The molecule has 6 rings (SSSR count). The first-order valence-corrected chi connectivity index (χ1v) is 31.4. The van der Waals surface area contributed by atoms with E-state index in [2.05, 4.69) is 208 Å². The lowest BCUT2D eigenvalue weighted by Gasteiger charge is -2.42. The van der Waals surface area contributed by atoms with Crippen LogP contribution < -0.4 is 0 Å². The highest BCUT2D eigenvalue weighted by molar-refractivity contribution is 4.88. The second-order valence-electron chi connectivity index (χ2n) is 26.2. The average molecular weight is 1020 g/mol. The predicted octanol–water partition coefficient (Wildman–Crippen LogP) is 18.6. The molecule has 6 aliphatic heterocycles. The van der Waals surface area contributed by atoms with E-state index in [1.165, 1.54) is 0 Å². The Kier molecular flexibility index (Phi) is 32.2. The van der Waals surface area contributed by atoms with Crippen molar-refractivity contribution in [2.75, 3.05) is 0 Å². The van der Waals surface area contributed by atoms with Gasteiger partial charge in [-0.3, -0.25) is 0 Å². The molecule has 0 bridgehead atoms. The van der Waals surface area contributed by atoms with Gasteiger partial charge in [0.1, 0.15) is 0 Å². The summed E-state index contributed by atoms with van der Waals surface area (Å²) in [7, 11) is 0. The van der Waals surface area contributed by atoms with Crippen molar-refractivity contribution in [2.45, 2.75) is 319 Å². The van der Waals surface area contributed by atoms with Crippen molar-refractivity contribution < 1.29 is 28.4 Å². The first-order valence-electron chi connectivity index (χ1n) is 31.4. The molecule has 72 heavy (non-hydrogen) atoms. The third-order valence-electron chi connectivity index (χ3n) is 22.7. The molecule has 0 spiro atoms. The van der Waals surface area contributed by atoms with Gasteiger partial charge in [0.05, 0.1) is 73.2 Å². The van der Waals surface area contributed by atoms with Crippen LogP contribution in [0.2, 0.25) is 0 Å². The Labute approximate surface area is 452 Å². The van der Waals surface area contributed by atoms with E-state index in [-0.39, 0.29) is 0 Å². The van der Waals surface area contributed by atoms with Gasteiger partial charge in [-0.05, 0) is 187 Å². The monoisotopic (exact) mass is 1020 g/mol. The molecular weight excluding hydrogens is 889 g/mol. The van der Waals surface area contributed by atoms with E-state index in [4.69, 9.17) is 28.4 Å². The molecule has 0 amide bonds. The van der Waals surface area contributed by atoms with Crippen molar-refractivity contribution in [3.8, 4) is 0 Å². The summed E-state index contributed by atoms with van der Waals surface area (Å²) in [5, 5.41) is 0. The Balaban J connectivity index is 0.000000432. The van der Waals surface area contributed by atoms with Crippen molar-refractivity contribution in [1.29, 1.82) is 0 Å². The van der Waals surface area contributed by atoms with Gasteiger partial charge >= 0.3 is 0 Å². The van der Waals surface area contributed by atoms with Gasteiger partial charge in [-0.15, -0.1) is 0 Å². The van der Waals surface area contributed by atoms with Crippen LogP contribution >= 0.6 is 0 Å². The average Bonchev–Trinajstić information content (AvgIpc) is 3.37. The topological polar surface area (TPSA) is 55.4 Å². The molecule has 6 heteroatoms. The Morgan fingerprint density at radius 2 is 0.250 bits per heavy atom. The van der Waals surface area contributed by atoms with Crippen molar-refractivity contribution in [3.63, 3.8) is 0 Å². The summed E-state index contributed by atoms with van der Waals surface area (Å²) >= 11 is 0. The van der Waals surface area contributed by atoms with Gasteiger partial charge in [-0.1, -0.05) is 166 Å². The van der Waals surface area contributed by atoms with Gasteiger partial charge in [0.25, 0.3) is 0 Å². The molecule has 6 aliphatic rings. The zero-order valence-electron chi connectivity index (χ0n) is 54.0. The molecule has 30 unspecified atom stereocenters. The highest BCUT2D eigenvalue weighted by atomic mass is 16.5. The van der Waals surface area contributed by atoms with Gasteiger partial charge in [-0.2, -0.15) is 0 Å². The quantitative estimate of drug-likeness (QED) is 0.264. The maximum absolute atomic E-state index is 5.93. The highest BCUT2D eigenvalue weighted by Gasteiger charge is 2.40. The minimum Gasteiger partial charge on any atom is -0.375 e. The summed E-state index contributed by atoms with van der Waals surface area (Å²) in [6, 6.07) is 0. The summed E-state index contributed by atoms with van der Waals surface area (Å²) < 4.78 is 35.6. The lowest BCUT2D eigenvalue weighted by atomic mass is 9.76. The van der Waals surface area contributed by atoms with Crippen LogP contribution in [0.1, 0.15) is 246 Å². The molecule has 432 valence electrons. The summed E-state index contributed by atoms with van der Waals surface area (Å²) in [6.07, 6.45) is 12.6. The minimum atomic E-state index is 0.446. The Morgan fingerprint density at radius 3 is 0.333 bits per heavy atom. The zero-order chi connectivity index (χ0) is 55.8. The minimum absolute atomic E-state index is 0.446. The normalized spacial score (nSPS) is 49.2. The summed E-state index contributed by atoms with van der Waals surface area (Å²) in [6.45, 7) is 68.4. The first kappa shape index (κ1) is 69.8. The number of ether oxygens (including phenoxy) is 6. The van der Waals surface area contributed by atoms with Crippen LogP contribution in [0.15, 0.2) is 0 Å². The molecule has 6 nitrogen and oxygen atoms in total. The van der Waals surface area contributed by atoms with Gasteiger partial charge in [0, 0.05) is 0 Å². The number of hydrogen-bond acceptors (Lipinski definition) is 6. The van der Waals surface area contributed by atoms with E-state index < -0.39 is 0 Å². The molecule has 0 aromatic rings. The third kappa shape index (κ3) is 19.0. The van der Waals surface area contributed by atoms with Crippen molar-refractivity contribution in [3.05, 3.63) is 0 Å². The molecule has 0 aromatic heterocycles. The molecule has 0 N–H and O–H groups in total. The van der Waals surface area contributed by atoms with Crippen molar-refractivity contribution >= 4 is 0 Å². The van der Waals surface area contributed by atoms with Crippen molar-refractivity contribution in [1.82, 2.24) is 0 Å². The van der Waals surface area contributed by atoms with Gasteiger partial charge in [0.2, 0.25) is 0 Å². The molecule has 30 atom stereocenters. The van der Waals surface area contributed by atoms with Crippen molar-refractivity contribution in [2.24, 2.45) is 107 Å². The summed E-state index contributed by atoms with van der Waals surface area (Å²) in [4.78, 5) is 0. The Hall–Kier alpha value is -0.240. The first-order chi connectivity index (χ1) is 33.4. The fourth-order valence-corrected chi connectivity index (χ4v) is 13.4. The van der Waals surface area contributed by atoms with Crippen LogP contribution in [0.5, 0.6) is 0 Å². The Morgan fingerprint density at radius 1 is 0.153 bits per heavy atom. The number of hydrogen-bond donors (Lipinski definition) is 0. The summed E-state index contributed by atoms with van der Waals surface area (Å²) in [5.74, 6) is 13.4. The van der Waals surface area contributed by atoms with E-state index >= 15 is 0 Å². The number of rotatable bonds is 6. The fourth-order valence-electron chi connectivity index (χ4n) is 13.4. The third-order valence-corrected chi connectivity index (χ3v) is 22.7. The second kappa shape index (κ2) is 33.3. The van der Waals surface area contributed by atoms with Crippen LogP contribution in [0, 0.1) is 107 Å². The van der Waals surface area contributed by atoms with Crippen LogP contribution in [0.3, 0.4) is 0 Å². The van der Waals surface area contributed by atoms with Crippen LogP contribution in [0.25, 0.3) is 0 Å². The van der Waals surface area contributed by atoms with Gasteiger partial charge in [0.15, 0.2) is 0 Å². The largest absolute Gasteiger partial charge is 0.375 e. The lowest BCUT2D eigenvalue weighted by Crippen LogP contribution is -2.42. The maximum atomic E-state index is 5.93. The molecule has 0 aliphatic carbocycles. The molecule has 0 aromatic carbocycles. The molecule has 0 saturated carbocycles. The van der Waals surface area contributed by atoms with Gasteiger partial charge in [-0.25, -0.2) is 0 Å². The van der Waals surface area contributed by atoms with Crippen LogP contribution in [-0.4, -0.2) is 73.2 Å². The van der Waals surface area contributed by atoms with E-state index in [1.54, 1.807) is 0 Å². The molecular formula is C66H132O6. The standard InChI is InChI=1S/6C11H22O/c6*1-6-11-9(4)7(2)8(3)10(5)12-11/h6*7-11H,6H2,1-5H3. The second-order valence-corrected chi connectivity index (χ2v) is 26.2. The molecule has 0 radical (unpaired) electrons. The van der Waals surface area contributed by atoms with E-state index in [0.29, 0.717) is 109 Å². The van der Waals surface area contributed by atoms with E-state index in [1.807, 2.05) is 0 Å². The lowest BCUT2D eigenvalue weighted by molar-refractivity contribution is -0.125. The van der Waals surface area contributed by atoms with E-state index in [9.17, 15) is 0 Å². The smallest absolute Gasteiger partial charge is 0.0604 e. The predicted molar refractivity (Wildman–Crippen MR) is 313 cm³/mol. The SMILES string of the molecule is CCC1OC(C)C(C)C(C)C1C.CCC1OC(C)C(C)C(C)C1C.CCC1OC(C)C(C)C(C)C1C.CCC1OC(C)C(C)C(C)C1C.CCC1OC(C)C(C)C(C)C1C.CCC1OC(C)C(C)C(C)C1C. The fraction of sp³-hybridized carbons (Fsp3) is 1.00.